The van der Waals surface area contributed by atoms with E-state index >= 15 is 0 Å². The molecule has 0 bridgehead atoms. The Balaban J connectivity index is 1.54. The summed E-state index contributed by atoms with van der Waals surface area (Å²) in [7, 11) is -3.75. The van der Waals surface area contributed by atoms with E-state index in [2.05, 4.69) is 9.17 Å². The number of cyclic esters (lactones) is 2. The Morgan fingerprint density at radius 3 is 2.53 bits per heavy atom. The van der Waals surface area contributed by atoms with Gasteiger partial charge < -0.3 is 9.47 Å². The van der Waals surface area contributed by atoms with Crippen molar-refractivity contribution in [1.29, 1.82) is 0 Å². The van der Waals surface area contributed by atoms with Gasteiger partial charge in [-0.25, -0.2) is 23.4 Å². The van der Waals surface area contributed by atoms with Gasteiger partial charge in [-0.1, -0.05) is 0 Å². The van der Waals surface area contributed by atoms with Crippen LogP contribution < -0.4 is 9.80 Å². The maximum absolute atomic E-state index is 14.8. The SMILES string of the molecule is CS(=O)(=O)OC[C@H]1CN(c2ccc(-c3ccc(N4CCOC4=O)nc3)c(F)c2F)C(=O)O1. The average Bonchev–Trinajstić information content (AvgIpc) is 3.33. The Morgan fingerprint density at radius 1 is 1.12 bits per heavy atom. The Bertz CT molecular complexity index is 1170. The third kappa shape index (κ3) is 4.34. The highest BCUT2D eigenvalue weighted by Crippen LogP contribution is 2.33. The minimum absolute atomic E-state index is 0.0983. The minimum atomic E-state index is -3.75. The summed E-state index contributed by atoms with van der Waals surface area (Å²) < 4.78 is 66.2. The van der Waals surface area contributed by atoms with Crippen molar-refractivity contribution in [2.45, 2.75) is 6.10 Å². The molecular formula is C19H17F2N3O7S. The standard InChI is InChI=1S/C19H17F2N3O7S/c1-32(27,28)30-10-12-9-24(19(26)31-12)14-4-3-13(16(20)17(14)21)11-2-5-15(22-8-11)23-6-7-29-18(23)25/h2-5,8,12H,6-7,9-10H2,1H3/t12-/m1/s1. The monoisotopic (exact) mass is 469 g/mol. The lowest BCUT2D eigenvalue weighted by molar-refractivity contribution is 0.107. The largest absolute Gasteiger partial charge is 0.447 e. The van der Waals surface area contributed by atoms with Crippen molar-refractivity contribution in [3.05, 3.63) is 42.1 Å². The molecule has 2 aliphatic heterocycles. The number of benzene rings is 1. The highest BCUT2D eigenvalue weighted by atomic mass is 32.2. The lowest BCUT2D eigenvalue weighted by Crippen LogP contribution is -2.27. The molecule has 2 fully saturated rings. The molecule has 3 heterocycles. The minimum Gasteiger partial charge on any atom is -0.447 e. The molecule has 0 N–H and O–H groups in total. The fraction of sp³-hybridized carbons (Fsp3) is 0.316. The van der Waals surface area contributed by atoms with Gasteiger partial charge in [-0.3, -0.25) is 14.0 Å². The zero-order valence-corrected chi connectivity index (χ0v) is 17.5. The predicted octanol–water partition coefficient (Wildman–Crippen LogP) is 2.28. The third-order valence-corrected chi connectivity index (χ3v) is 5.36. The number of amides is 2. The van der Waals surface area contributed by atoms with Gasteiger partial charge in [-0.05, 0) is 24.3 Å². The second-order valence-corrected chi connectivity index (χ2v) is 8.68. The summed E-state index contributed by atoms with van der Waals surface area (Å²) in [5, 5.41) is 0. The molecule has 0 unspecified atom stereocenters. The number of carbonyl (C=O) groups excluding carboxylic acids is 2. The second-order valence-electron chi connectivity index (χ2n) is 7.04. The smallest absolute Gasteiger partial charge is 0.415 e. The fourth-order valence-corrected chi connectivity index (χ4v) is 3.68. The zero-order chi connectivity index (χ0) is 23.0. The van der Waals surface area contributed by atoms with Gasteiger partial charge in [0.05, 0.1) is 25.0 Å². The van der Waals surface area contributed by atoms with Crippen LogP contribution in [-0.4, -0.2) is 64.3 Å². The maximum atomic E-state index is 14.8. The fourth-order valence-electron chi connectivity index (χ4n) is 3.28. The summed E-state index contributed by atoms with van der Waals surface area (Å²) >= 11 is 0. The van der Waals surface area contributed by atoms with Crippen LogP contribution >= 0.6 is 0 Å². The topological polar surface area (TPSA) is 115 Å². The van der Waals surface area contributed by atoms with Crippen molar-refractivity contribution in [3.8, 4) is 11.1 Å². The van der Waals surface area contributed by atoms with Gasteiger partial charge in [0.15, 0.2) is 11.6 Å². The molecule has 2 aromatic rings. The summed E-state index contributed by atoms with van der Waals surface area (Å²) in [5.41, 5.74) is -0.200. The van der Waals surface area contributed by atoms with Crippen molar-refractivity contribution < 1.29 is 40.4 Å². The molecule has 0 spiro atoms. The van der Waals surface area contributed by atoms with Gasteiger partial charge in [0, 0.05) is 17.3 Å². The Kier molecular flexibility index (Phi) is 5.69. The number of carbonyl (C=O) groups is 2. The molecule has 170 valence electrons. The predicted molar refractivity (Wildman–Crippen MR) is 107 cm³/mol. The van der Waals surface area contributed by atoms with Gasteiger partial charge in [0.25, 0.3) is 10.1 Å². The lowest BCUT2D eigenvalue weighted by Gasteiger charge is -2.16. The number of nitrogens with zero attached hydrogens (tertiary/aromatic N) is 3. The van der Waals surface area contributed by atoms with Crippen molar-refractivity contribution >= 4 is 33.8 Å². The maximum Gasteiger partial charge on any atom is 0.415 e. The third-order valence-electron chi connectivity index (χ3n) is 4.79. The van der Waals surface area contributed by atoms with Crippen LogP contribution in [0.4, 0.5) is 29.9 Å². The van der Waals surface area contributed by atoms with Crippen molar-refractivity contribution in [3.63, 3.8) is 0 Å². The van der Waals surface area contributed by atoms with Crippen molar-refractivity contribution in [2.75, 3.05) is 42.4 Å². The second kappa shape index (κ2) is 8.31. The van der Waals surface area contributed by atoms with Crippen LogP contribution in [0, 0.1) is 11.6 Å². The number of anilines is 2. The van der Waals surface area contributed by atoms with E-state index in [9.17, 15) is 26.8 Å². The number of pyridine rings is 1. The molecule has 32 heavy (non-hydrogen) atoms. The van der Waals surface area contributed by atoms with E-state index in [1.807, 2.05) is 0 Å². The molecule has 2 aliphatic rings. The van der Waals surface area contributed by atoms with Crippen LogP contribution in [0.2, 0.25) is 0 Å². The van der Waals surface area contributed by atoms with Crippen LogP contribution in [0.5, 0.6) is 0 Å². The van der Waals surface area contributed by atoms with E-state index in [0.29, 0.717) is 12.4 Å². The summed E-state index contributed by atoms with van der Waals surface area (Å²) in [4.78, 5) is 30.0. The molecule has 0 aliphatic carbocycles. The van der Waals surface area contributed by atoms with Crippen molar-refractivity contribution in [2.24, 2.45) is 0 Å². The molecule has 13 heteroatoms. The summed E-state index contributed by atoms with van der Waals surface area (Å²) in [5.74, 6) is -2.17. The molecule has 1 atom stereocenters. The number of rotatable bonds is 6. The Hall–Kier alpha value is -3.32. The summed E-state index contributed by atoms with van der Waals surface area (Å²) in [6, 6.07) is 5.45. The van der Waals surface area contributed by atoms with Crippen LogP contribution in [0.25, 0.3) is 11.1 Å². The zero-order valence-electron chi connectivity index (χ0n) is 16.7. The summed E-state index contributed by atoms with van der Waals surface area (Å²) in [6.45, 7) is -0.0765. The molecule has 10 nitrogen and oxygen atoms in total. The van der Waals surface area contributed by atoms with Gasteiger partial charge in [-0.2, -0.15) is 8.42 Å². The number of aromatic nitrogens is 1. The highest BCUT2D eigenvalue weighted by Gasteiger charge is 2.35. The normalized spacial score (nSPS) is 18.8. The van der Waals surface area contributed by atoms with Crippen molar-refractivity contribution in [1.82, 2.24) is 4.98 Å². The first-order valence-corrected chi connectivity index (χ1v) is 11.2. The molecule has 2 saturated heterocycles. The summed E-state index contributed by atoms with van der Waals surface area (Å²) in [6.07, 6.45) is -0.325. The lowest BCUT2D eigenvalue weighted by atomic mass is 10.1. The Labute approximate surface area is 181 Å². The number of hydrogen-bond donors (Lipinski definition) is 0. The molecular weight excluding hydrogens is 452 g/mol. The Morgan fingerprint density at radius 2 is 1.91 bits per heavy atom. The van der Waals surface area contributed by atoms with Gasteiger partial charge >= 0.3 is 12.2 Å². The molecule has 1 aromatic heterocycles. The van der Waals surface area contributed by atoms with E-state index in [1.54, 1.807) is 0 Å². The van der Waals surface area contributed by atoms with Crippen LogP contribution in [-0.2, 0) is 23.8 Å². The van der Waals surface area contributed by atoms with E-state index in [4.69, 9.17) is 9.47 Å². The van der Waals surface area contributed by atoms with E-state index in [0.717, 1.165) is 11.2 Å². The van der Waals surface area contributed by atoms with Crippen LogP contribution in [0.1, 0.15) is 0 Å². The van der Waals surface area contributed by atoms with Gasteiger partial charge in [0.1, 0.15) is 25.1 Å². The molecule has 4 rings (SSSR count). The molecule has 0 saturated carbocycles. The highest BCUT2D eigenvalue weighted by molar-refractivity contribution is 7.85. The average molecular weight is 469 g/mol. The molecule has 0 radical (unpaired) electrons. The first-order valence-electron chi connectivity index (χ1n) is 9.35. The van der Waals surface area contributed by atoms with Gasteiger partial charge in [-0.15, -0.1) is 0 Å². The van der Waals surface area contributed by atoms with Gasteiger partial charge in [0.2, 0.25) is 0 Å². The number of ether oxygens (including phenoxy) is 2. The number of halogens is 2. The van der Waals surface area contributed by atoms with Crippen LogP contribution in [0.15, 0.2) is 30.5 Å². The first kappa shape index (κ1) is 21.9. The molecule has 1 aromatic carbocycles. The first-order chi connectivity index (χ1) is 15.1. The van der Waals surface area contributed by atoms with E-state index < -0.39 is 46.6 Å². The van der Waals surface area contributed by atoms with Crippen LogP contribution in [0.3, 0.4) is 0 Å². The quantitative estimate of drug-likeness (QED) is 0.592. The molecule has 2 amide bonds. The van der Waals surface area contributed by atoms with E-state index in [1.165, 1.54) is 35.4 Å². The number of hydrogen-bond acceptors (Lipinski definition) is 8. The van der Waals surface area contributed by atoms with E-state index in [-0.39, 0.29) is 30.0 Å².